The number of hydrogen-bond donors (Lipinski definition) is 10. The molecule has 1 aliphatic carbocycles. The number of hydrogen-bond acceptors (Lipinski definition) is 11. The van der Waals surface area contributed by atoms with E-state index in [0.29, 0.717) is 0 Å². The van der Waals surface area contributed by atoms with Gasteiger partial charge in [-0.3, -0.25) is 38.4 Å². The number of likely N-dealkylation sites (N-methyl/N-ethyl adjacent to an activating group) is 1. The van der Waals surface area contributed by atoms with E-state index in [9.17, 15) is 58.5 Å². The highest BCUT2D eigenvalue weighted by atomic mass is 32.1. The molecule has 1 aliphatic rings. The van der Waals surface area contributed by atoms with Crippen LogP contribution in [0.2, 0.25) is 0 Å². The fourth-order valence-corrected chi connectivity index (χ4v) is 6.20. The summed E-state index contributed by atoms with van der Waals surface area (Å²) in [6.45, 7) is 3.43. The summed E-state index contributed by atoms with van der Waals surface area (Å²) in [5.41, 5.74) is 5.69. The van der Waals surface area contributed by atoms with Crippen LogP contribution in [0.1, 0.15) is 90.9 Å². The molecule has 0 bridgehead atoms. The van der Waals surface area contributed by atoms with Crippen LogP contribution in [0.4, 0.5) is 0 Å². The fourth-order valence-electron chi connectivity index (χ4n) is 5.95. The minimum atomic E-state index is -1.56. The van der Waals surface area contributed by atoms with Gasteiger partial charge < -0.3 is 52.3 Å². The normalized spacial score (nSPS) is 16.5. The quantitative estimate of drug-likeness (QED) is 0.0544. The van der Waals surface area contributed by atoms with Crippen molar-refractivity contribution in [1.29, 1.82) is 0 Å². The first-order valence-electron chi connectivity index (χ1n) is 17.5. The Morgan fingerprint density at radius 3 is 1.70 bits per heavy atom. The zero-order valence-electron chi connectivity index (χ0n) is 30.2. The number of carboxylic acids is 4. The summed E-state index contributed by atoms with van der Waals surface area (Å²) in [6, 6.07) is -8.58. The molecule has 0 aromatic rings. The van der Waals surface area contributed by atoms with Gasteiger partial charge in [0.05, 0.1) is 12.5 Å². The molecular weight excluding hydrogens is 720 g/mol. The highest BCUT2D eigenvalue weighted by molar-refractivity contribution is 7.80. The Balaban J connectivity index is 3.37. The number of rotatable bonds is 24. The number of thiol groups is 1. The van der Waals surface area contributed by atoms with E-state index in [2.05, 4.69) is 33.9 Å². The van der Waals surface area contributed by atoms with Crippen LogP contribution in [0, 0.1) is 11.8 Å². The third-order valence-corrected chi connectivity index (χ3v) is 9.17. The third-order valence-electron chi connectivity index (χ3n) is 8.81. The van der Waals surface area contributed by atoms with E-state index >= 15 is 0 Å². The second kappa shape index (κ2) is 23.3. The largest absolute Gasteiger partial charge is 0.481 e. The maximum atomic E-state index is 13.7. The molecule has 0 aromatic heterocycles. The molecule has 1 rings (SSSR count). The Bertz CT molecular complexity index is 1330. The van der Waals surface area contributed by atoms with Gasteiger partial charge in [-0.15, -0.1) is 0 Å². The summed E-state index contributed by atoms with van der Waals surface area (Å²) in [7, 11) is 1.13. The number of carboxylic acid groups (broad SMARTS) is 4. The topological polar surface area (TPSA) is 312 Å². The smallest absolute Gasteiger partial charge is 0.327 e. The van der Waals surface area contributed by atoms with Gasteiger partial charge in [-0.1, -0.05) is 46.0 Å². The molecule has 53 heavy (non-hydrogen) atoms. The molecule has 300 valence electrons. The molecule has 1 fully saturated rings. The standard InChI is InChI=1S/C33H54N6O13S/c1-17(2)13-21(37-31(49)24(10-12-26(42)43)39(3)32(50)19(34)15-27(44)45)29(47)35-20(9-11-25(40)41)28(46)36-22(14-18-7-5-4-6-8-18)30(48)38-23(16-53)33(51)52/h17-24,53H,4-16,34H2,1-3H3,(H,35,47)(H,36,46)(H,37,49)(H,38,48)(H,40,41)(H,42,43)(H,44,45)(H,51,52)/t19-,20-,21-,22-,23-,24-/m0/s1. The number of nitrogens with one attached hydrogen (secondary N) is 4. The predicted molar refractivity (Wildman–Crippen MR) is 190 cm³/mol. The van der Waals surface area contributed by atoms with Crippen molar-refractivity contribution in [3.05, 3.63) is 0 Å². The number of aliphatic carboxylic acids is 4. The molecule has 0 aromatic carbocycles. The Kier molecular flexibility index (Phi) is 20.4. The van der Waals surface area contributed by atoms with Crippen LogP contribution in [0.25, 0.3) is 0 Å². The van der Waals surface area contributed by atoms with Gasteiger partial charge in [-0.05, 0) is 37.5 Å². The predicted octanol–water partition coefficient (Wildman–Crippen LogP) is -0.685. The Morgan fingerprint density at radius 2 is 1.19 bits per heavy atom. The number of nitrogens with two attached hydrogens (primary N) is 1. The SMILES string of the molecule is CC(C)C[C@H](NC(=O)[C@H](CCC(=O)O)N(C)C(=O)[C@@H](N)CC(=O)O)C(=O)N[C@@H](CCC(=O)O)C(=O)N[C@@H](CC1CCCCC1)C(=O)N[C@@H](CS)C(=O)O. The van der Waals surface area contributed by atoms with Crippen molar-refractivity contribution in [1.82, 2.24) is 26.2 Å². The monoisotopic (exact) mass is 774 g/mol. The highest BCUT2D eigenvalue weighted by Gasteiger charge is 2.36. The van der Waals surface area contributed by atoms with E-state index in [1.54, 1.807) is 13.8 Å². The molecule has 5 amide bonds. The first-order valence-corrected chi connectivity index (χ1v) is 18.1. The molecular formula is C33H54N6O13S. The van der Waals surface area contributed by atoms with Gasteiger partial charge in [-0.25, -0.2) is 4.79 Å². The average molecular weight is 775 g/mol. The van der Waals surface area contributed by atoms with Crippen LogP contribution in [-0.2, 0) is 43.2 Å². The summed E-state index contributed by atoms with van der Waals surface area (Å²) in [5, 5.41) is 47.0. The number of nitrogens with zero attached hydrogens (tertiary/aromatic N) is 1. The second-order valence-electron chi connectivity index (χ2n) is 13.7. The molecule has 0 saturated heterocycles. The van der Waals surface area contributed by atoms with Gasteiger partial charge in [0.15, 0.2) is 0 Å². The van der Waals surface area contributed by atoms with Gasteiger partial charge >= 0.3 is 23.9 Å². The van der Waals surface area contributed by atoms with Gasteiger partial charge in [0.25, 0.3) is 0 Å². The van der Waals surface area contributed by atoms with E-state index < -0.39 is 122 Å². The van der Waals surface area contributed by atoms with E-state index in [4.69, 9.17) is 10.8 Å². The van der Waals surface area contributed by atoms with Crippen LogP contribution in [0.5, 0.6) is 0 Å². The molecule has 0 heterocycles. The minimum Gasteiger partial charge on any atom is -0.481 e. The summed E-state index contributed by atoms with van der Waals surface area (Å²) in [5.74, 6) is -10.4. The lowest BCUT2D eigenvalue weighted by Gasteiger charge is -2.31. The van der Waals surface area contributed by atoms with E-state index in [-0.39, 0.29) is 30.4 Å². The van der Waals surface area contributed by atoms with Crippen molar-refractivity contribution in [3.63, 3.8) is 0 Å². The highest BCUT2D eigenvalue weighted by Crippen LogP contribution is 2.27. The maximum absolute atomic E-state index is 13.7. The first-order chi connectivity index (χ1) is 24.8. The maximum Gasteiger partial charge on any atom is 0.327 e. The molecule has 0 spiro atoms. The van der Waals surface area contributed by atoms with Gasteiger partial charge in [0.2, 0.25) is 29.5 Å². The van der Waals surface area contributed by atoms with Crippen molar-refractivity contribution >= 4 is 66.0 Å². The molecule has 0 radical (unpaired) electrons. The Hall–Kier alpha value is -4.46. The van der Waals surface area contributed by atoms with Crippen LogP contribution in [0.3, 0.4) is 0 Å². The van der Waals surface area contributed by atoms with E-state index in [1.165, 1.54) is 0 Å². The van der Waals surface area contributed by atoms with Crippen LogP contribution < -0.4 is 27.0 Å². The lowest BCUT2D eigenvalue weighted by molar-refractivity contribution is -0.145. The molecule has 1 saturated carbocycles. The van der Waals surface area contributed by atoms with Crippen LogP contribution >= 0.6 is 12.6 Å². The first kappa shape index (κ1) is 46.6. The second-order valence-corrected chi connectivity index (χ2v) is 14.0. The van der Waals surface area contributed by atoms with E-state index in [1.807, 2.05) is 0 Å². The van der Waals surface area contributed by atoms with Crippen LogP contribution in [0.15, 0.2) is 0 Å². The average Bonchev–Trinajstić information content (AvgIpc) is 3.07. The molecule has 19 nitrogen and oxygen atoms in total. The lowest BCUT2D eigenvalue weighted by atomic mass is 9.84. The summed E-state index contributed by atoms with van der Waals surface area (Å²) >= 11 is 3.97. The lowest BCUT2D eigenvalue weighted by Crippen LogP contribution is -2.60. The van der Waals surface area contributed by atoms with Crippen molar-refractivity contribution in [2.45, 2.75) is 127 Å². The zero-order valence-corrected chi connectivity index (χ0v) is 31.1. The van der Waals surface area contributed by atoms with E-state index in [0.717, 1.165) is 44.1 Å². The molecule has 20 heteroatoms. The number of carbonyl (C=O) groups excluding carboxylic acids is 5. The third kappa shape index (κ3) is 17.3. The summed E-state index contributed by atoms with van der Waals surface area (Å²) < 4.78 is 0. The number of carbonyl (C=O) groups is 9. The summed E-state index contributed by atoms with van der Waals surface area (Å²) in [4.78, 5) is 114. The number of amides is 5. The molecule has 0 unspecified atom stereocenters. The Labute approximate surface area is 312 Å². The van der Waals surface area contributed by atoms with Crippen molar-refractivity contribution < 1.29 is 63.6 Å². The summed E-state index contributed by atoms with van der Waals surface area (Å²) in [6.07, 6.45) is 1.67. The van der Waals surface area contributed by atoms with Gasteiger partial charge in [-0.2, -0.15) is 12.6 Å². The fraction of sp³-hybridized carbons (Fsp3) is 0.727. The van der Waals surface area contributed by atoms with Crippen molar-refractivity contribution in [2.24, 2.45) is 17.6 Å². The van der Waals surface area contributed by atoms with Crippen molar-refractivity contribution in [2.75, 3.05) is 12.8 Å². The molecule has 10 N–H and O–H groups in total. The molecule has 6 atom stereocenters. The molecule has 0 aliphatic heterocycles. The zero-order chi connectivity index (χ0) is 40.4. The van der Waals surface area contributed by atoms with Crippen LogP contribution in [-0.4, -0.2) is 128 Å². The minimum absolute atomic E-state index is 0.0227. The van der Waals surface area contributed by atoms with Gasteiger partial charge in [0, 0.05) is 25.6 Å². The van der Waals surface area contributed by atoms with Crippen molar-refractivity contribution in [3.8, 4) is 0 Å². The Morgan fingerprint density at radius 1 is 0.698 bits per heavy atom. The van der Waals surface area contributed by atoms with Gasteiger partial charge in [0.1, 0.15) is 30.2 Å².